The van der Waals surface area contributed by atoms with Crippen molar-refractivity contribution in [2.24, 2.45) is 0 Å². The lowest BCUT2D eigenvalue weighted by molar-refractivity contribution is 0.0660. The Morgan fingerprint density at radius 1 is 1.65 bits per heavy atom. The number of rotatable bonds is 3. The summed E-state index contributed by atoms with van der Waals surface area (Å²) in [5.41, 5.74) is 0.692. The summed E-state index contributed by atoms with van der Waals surface area (Å²) in [7, 11) is 0. The molecule has 0 spiro atoms. The van der Waals surface area contributed by atoms with Gasteiger partial charge in [-0.05, 0) is 39.3 Å². The highest BCUT2D eigenvalue weighted by Gasteiger charge is 2.26. The molecule has 2 heterocycles. The summed E-state index contributed by atoms with van der Waals surface area (Å²) in [6.07, 6.45) is 3.80. The van der Waals surface area contributed by atoms with Crippen molar-refractivity contribution in [2.75, 3.05) is 19.6 Å². The van der Waals surface area contributed by atoms with E-state index >= 15 is 0 Å². The highest BCUT2D eigenvalue weighted by molar-refractivity contribution is 5.95. The largest absolute Gasteiger partial charge is 0.469 e. The number of nitrogens with zero attached hydrogens (tertiary/aromatic N) is 1. The molecule has 4 nitrogen and oxygen atoms in total. The van der Waals surface area contributed by atoms with Gasteiger partial charge in [-0.2, -0.15) is 0 Å². The summed E-state index contributed by atoms with van der Waals surface area (Å²) in [4.78, 5) is 14.3. The normalized spacial score (nSPS) is 20.2. The van der Waals surface area contributed by atoms with Crippen LogP contribution in [0.2, 0.25) is 0 Å². The molecular formula is C13H20N2O2. The van der Waals surface area contributed by atoms with Gasteiger partial charge in [0.05, 0.1) is 11.8 Å². The van der Waals surface area contributed by atoms with Gasteiger partial charge in [-0.25, -0.2) is 0 Å². The first-order valence-corrected chi connectivity index (χ1v) is 6.29. The van der Waals surface area contributed by atoms with Crippen LogP contribution in [-0.4, -0.2) is 36.5 Å². The Morgan fingerprint density at radius 2 is 2.47 bits per heavy atom. The fourth-order valence-electron chi connectivity index (χ4n) is 2.43. The molecule has 0 aromatic carbocycles. The van der Waals surface area contributed by atoms with Crippen LogP contribution in [0, 0.1) is 6.92 Å². The minimum absolute atomic E-state index is 0.0902. The van der Waals surface area contributed by atoms with Crippen LogP contribution in [0.25, 0.3) is 0 Å². The average molecular weight is 236 g/mol. The van der Waals surface area contributed by atoms with Crippen LogP contribution in [0.1, 0.15) is 35.9 Å². The smallest absolute Gasteiger partial charge is 0.257 e. The van der Waals surface area contributed by atoms with Gasteiger partial charge in [0.1, 0.15) is 5.76 Å². The first-order valence-electron chi connectivity index (χ1n) is 6.29. The lowest BCUT2D eigenvalue weighted by Crippen LogP contribution is -2.48. The van der Waals surface area contributed by atoms with Gasteiger partial charge < -0.3 is 14.6 Å². The number of piperidine rings is 1. The molecule has 94 valence electrons. The van der Waals surface area contributed by atoms with E-state index in [0.29, 0.717) is 17.4 Å². The molecule has 0 saturated carbocycles. The summed E-state index contributed by atoms with van der Waals surface area (Å²) in [6.45, 7) is 6.57. The van der Waals surface area contributed by atoms with E-state index in [1.54, 1.807) is 12.3 Å². The molecule has 1 amide bonds. The van der Waals surface area contributed by atoms with Crippen molar-refractivity contribution < 1.29 is 9.21 Å². The molecule has 4 heteroatoms. The van der Waals surface area contributed by atoms with Gasteiger partial charge in [-0.3, -0.25) is 4.79 Å². The summed E-state index contributed by atoms with van der Waals surface area (Å²) < 4.78 is 5.20. The lowest BCUT2D eigenvalue weighted by Gasteiger charge is -2.33. The van der Waals surface area contributed by atoms with Crippen molar-refractivity contribution in [2.45, 2.75) is 32.7 Å². The second kappa shape index (κ2) is 5.36. The quantitative estimate of drug-likeness (QED) is 0.870. The number of aryl methyl sites for hydroxylation is 1. The minimum atomic E-state index is 0.0902. The van der Waals surface area contributed by atoms with Gasteiger partial charge in [0.15, 0.2) is 0 Å². The fraction of sp³-hybridized carbons (Fsp3) is 0.615. The summed E-state index contributed by atoms with van der Waals surface area (Å²) in [5.74, 6) is 0.796. The van der Waals surface area contributed by atoms with Gasteiger partial charge in [0.25, 0.3) is 5.91 Å². The number of hydrogen-bond acceptors (Lipinski definition) is 3. The third-order valence-electron chi connectivity index (χ3n) is 3.40. The SMILES string of the molecule is CCN(C(=O)c1ccoc1C)C1CCCNC1. The zero-order valence-electron chi connectivity index (χ0n) is 10.5. The number of carbonyl (C=O) groups excluding carboxylic acids is 1. The highest BCUT2D eigenvalue weighted by Crippen LogP contribution is 2.17. The summed E-state index contributed by atoms with van der Waals surface area (Å²) >= 11 is 0. The lowest BCUT2D eigenvalue weighted by atomic mass is 10.0. The average Bonchev–Trinajstić information content (AvgIpc) is 2.77. The molecule has 0 radical (unpaired) electrons. The monoisotopic (exact) mass is 236 g/mol. The Morgan fingerprint density at radius 3 is 3.00 bits per heavy atom. The summed E-state index contributed by atoms with van der Waals surface area (Å²) in [5, 5.41) is 3.35. The zero-order chi connectivity index (χ0) is 12.3. The third kappa shape index (κ3) is 2.52. The fourth-order valence-corrected chi connectivity index (χ4v) is 2.43. The van der Waals surface area contributed by atoms with Crippen LogP contribution in [-0.2, 0) is 0 Å². The van der Waals surface area contributed by atoms with E-state index in [9.17, 15) is 4.79 Å². The van der Waals surface area contributed by atoms with Crippen LogP contribution in [0.3, 0.4) is 0 Å². The molecule has 2 rings (SSSR count). The van der Waals surface area contributed by atoms with Crippen LogP contribution < -0.4 is 5.32 Å². The number of carbonyl (C=O) groups is 1. The van der Waals surface area contributed by atoms with Crippen molar-refractivity contribution in [1.29, 1.82) is 0 Å². The molecule has 1 aromatic rings. The molecule has 1 fully saturated rings. The minimum Gasteiger partial charge on any atom is -0.469 e. The summed E-state index contributed by atoms with van der Waals surface area (Å²) in [6, 6.07) is 2.08. The Labute approximate surface area is 102 Å². The van der Waals surface area contributed by atoms with Crippen molar-refractivity contribution in [3.05, 3.63) is 23.7 Å². The van der Waals surface area contributed by atoms with E-state index in [1.807, 2.05) is 18.7 Å². The third-order valence-corrected chi connectivity index (χ3v) is 3.40. The zero-order valence-corrected chi connectivity index (χ0v) is 10.5. The molecule has 1 atom stereocenters. The number of hydrogen-bond donors (Lipinski definition) is 1. The predicted octanol–water partition coefficient (Wildman–Crippen LogP) is 1.80. The van der Waals surface area contributed by atoms with Crippen LogP contribution >= 0.6 is 0 Å². The predicted molar refractivity (Wildman–Crippen MR) is 66.0 cm³/mol. The standard InChI is InChI=1S/C13H20N2O2/c1-3-15(11-5-4-7-14-9-11)13(16)12-6-8-17-10(12)2/h6,8,11,14H,3-5,7,9H2,1-2H3. The molecule has 1 aromatic heterocycles. The Balaban J connectivity index is 2.12. The molecule has 1 aliphatic heterocycles. The number of furan rings is 1. The van der Waals surface area contributed by atoms with Gasteiger partial charge in [0.2, 0.25) is 0 Å². The Kier molecular flexibility index (Phi) is 3.84. The van der Waals surface area contributed by atoms with Crippen LogP contribution in [0.15, 0.2) is 16.7 Å². The molecule has 17 heavy (non-hydrogen) atoms. The maximum Gasteiger partial charge on any atom is 0.257 e. The number of likely N-dealkylation sites (N-methyl/N-ethyl adjacent to an activating group) is 1. The second-order valence-electron chi connectivity index (χ2n) is 4.48. The van der Waals surface area contributed by atoms with Crippen molar-refractivity contribution in [1.82, 2.24) is 10.2 Å². The molecule has 1 unspecified atom stereocenters. The molecular weight excluding hydrogens is 216 g/mol. The number of nitrogens with one attached hydrogen (secondary N) is 1. The van der Waals surface area contributed by atoms with Gasteiger partial charge in [-0.1, -0.05) is 0 Å². The number of amides is 1. The molecule has 1 aliphatic rings. The molecule has 0 aliphatic carbocycles. The molecule has 1 saturated heterocycles. The van der Waals surface area contributed by atoms with Crippen molar-refractivity contribution in [3.63, 3.8) is 0 Å². The second-order valence-corrected chi connectivity index (χ2v) is 4.48. The van der Waals surface area contributed by atoms with Crippen molar-refractivity contribution in [3.8, 4) is 0 Å². The Hall–Kier alpha value is -1.29. The van der Waals surface area contributed by atoms with Gasteiger partial charge in [-0.15, -0.1) is 0 Å². The maximum absolute atomic E-state index is 12.4. The van der Waals surface area contributed by atoms with E-state index < -0.39 is 0 Å². The first-order chi connectivity index (χ1) is 8.24. The molecule has 0 bridgehead atoms. The maximum atomic E-state index is 12.4. The molecule has 1 N–H and O–H groups in total. The van der Waals surface area contributed by atoms with E-state index in [1.165, 1.54) is 0 Å². The van der Waals surface area contributed by atoms with E-state index in [2.05, 4.69) is 5.32 Å². The van der Waals surface area contributed by atoms with Gasteiger partial charge in [0, 0.05) is 19.1 Å². The topological polar surface area (TPSA) is 45.5 Å². The highest BCUT2D eigenvalue weighted by atomic mass is 16.3. The van der Waals surface area contributed by atoms with E-state index in [-0.39, 0.29) is 5.91 Å². The Bertz CT molecular complexity index is 381. The van der Waals surface area contributed by atoms with E-state index in [0.717, 1.165) is 32.5 Å². The van der Waals surface area contributed by atoms with Crippen molar-refractivity contribution >= 4 is 5.91 Å². The van der Waals surface area contributed by atoms with Crippen LogP contribution in [0.5, 0.6) is 0 Å². The van der Waals surface area contributed by atoms with Crippen LogP contribution in [0.4, 0.5) is 0 Å². The first kappa shape index (κ1) is 12.2. The van der Waals surface area contributed by atoms with E-state index in [4.69, 9.17) is 4.42 Å². The van der Waals surface area contributed by atoms with Gasteiger partial charge >= 0.3 is 0 Å².